The Kier molecular flexibility index (Phi) is 50.1. The molecule has 0 heterocycles. The second kappa shape index (κ2) is 39.6. The number of rotatable bonds is 20. The Labute approximate surface area is 270 Å². The molecule has 257 valence electrons. The van der Waals surface area contributed by atoms with Crippen LogP contribution in [0.5, 0.6) is 0 Å². The Morgan fingerprint density at radius 2 is 0.548 bits per heavy atom. The summed E-state index contributed by atoms with van der Waals surface area (Å²) in [4.78, 5) is 40.5. The summed E-state index contributed by atoms with van der Waals surface area (Å²) in [6.45, 7) is 2.41. The van der Waals surface area contributed by atoms with Crippen LogP contribution in [0.15, 0.2) is 0 Å². The molecule has 0 aliphatic carbocycles. The first-order valence-corrected chi connectivity index (χ1v) is 13.5. The van der Waals surface area contributed by atoms with Gasteiger partial charge in [0.2, 0.25) is 0 Å². The van der Waals surface area contributed by atoms with Gasteiger partial charge in [-0.15, -0.1) is 0 Å². The molecule has 4 atom stereocenters. The van der Waals surface area contributed by atoms with Crippen LogP contribution in [0.4, 0.5) is 0 Å². The van der Waals surface area contributed by atoms with Crippen molar-refractivity contribution in [2.75, 3.05) is 26.2 Å². The monoisotopic (exact) mass is 699 g/mol. The van der Waals surface area contributed by atoms with E-state index < -0.39 is 48.0 Å². The van der Waals surface area contributed by atoms with Gasteiger partial charge in [0.25, 0.3) is 0 Å². The van der Waals surface area contributed by atoms with E-state index in [1.165, 1.54) is 0 Å². The minimum absolute atomic E-state index is 0. The normalized spacial score (nSPS) is 12.4. The van der Waals surface area contributed by atoms with Gasteiger partial charge in [-0.05, 0) is 77.5 Å². The Hall–Kier alpha value is -1.41. The molecular weight excluding hydrogens is 643 g/mol. The fraction of sp³-hybridized carbons (Fsp3) is 0.833. The summed E-state index contributed by atoms with van der Waals surface area (Å²) in [6.07, 6.45) is 8.66. The zero-order valence-electron chi connectivity index (χ0n) is 24.4. The van der Waals surface area contributed by atoms with Gasteiger partial charge in [0.05, 0.1) is 0 Å². The first kappa shape index (κ1) is 53.2. The average molecular weight is 700 g/mol. The van der Waals surface area contributed by atoms with Gasteiger partial charge in [-0.25, -0.2) is 0 Å². The number of unbranched alkanes of at least 4 members (excludes halogenated alkanes) is 4. The van der Waals surface area contributed by atoms with Gasteiger partial charge in [0, 0.05) is 33.8 Å². The first-order chi connectivity index (χ1) is 18.7. The fourth-order valence-electron chi connectivity index (χ4n) is 2.53. The van der Waals surface area contributed by atoms with Crippen molar-refractivity contribution in [1.29, 1.82) is 0 Å². The van der Waals surface area contributed by atoms with E-state index in [0.29, 0.717) is 51.9 Å². The molecule has 0 aliphatic heterocycles. The summed E-state index contributed by atoms with van der Waals surface area (Å²) in [5.74, 6) is -3.73. The Bertz CT molecular complexity index is 541. The van der Waals surface area contributed by atoms with Crippen molar-refractivity contribution < 1.29 is 73.5 Å². The first-order valence-electron chi connectivity index (χ1n) is 13.5. The van der Waals surface area contributed by atoms with Crippen LogP contribution in [0.25, 0.3) is 0 Å². The van der Waals surface area contributed by atoms with E-state index in [4.69, 9.17) is 66.3 Å². The molecule has 0 spiro atoms. The molecule has 0 saturated heterocycles. The van der Waals surface area contributed by atoms with Crippen molar-refractivity contribution in [3.05, 3.63) is 0 Å². The van der Waals surface area contributed by atoms with Gasteiger partial charge >= 0.3 is 23.9 Å². The van der Waals surface area contributed by atoms with Crippen molar-refractivity contribution in [3.63, 3.8) is 0 Å². The van der Waals surface area contributed by atoms with Crippen molar-refractivity contribution in [1.82, 2.24) is 0 Å². The van der Waals surface area contributed by atoms with E-state index in [1.54, 1.807) is 0 Å². The third-order valence-corrected chi connectivity index (χ3v) is 5.15. The maximum atomic E-state index is 10.1. The van der Waals surface area contributed by atoms with E-state index in [9.17, 15) is 19.2 Å². The van der Waals surface area contributed by atoms with Gasteiger partial charge in [0.1, 0.15) is 24.2 Å². The van der Waals surface area contributed by atoms with Crippen LogP contribution in [0.1, 0.15) is 77.0 Å². The smallest absolute Gasteiger partial charge is 0.320 e. The van der Waals surface area contributed by atoms with E-state index in [1.807, 2.05) is 0 Å². The van der Waals surface area contributed by atoms with E-state index in [0.717, 1.165) is 51.4 Å². The quantitative estimate of drug-likeness (QED) is 0.0488. The standard InChI is InChI=1S/4C6H14N2O2.Co.Fe/c4*7-4-2-1-3-5(8)6(9)10;;/h4*5H,1-4,7-8H2,(H,9,10);;/t4*5-;;/m0000../s1. The fourth-order valence-corrected chi connectivity index (χ4v) is 2.53. The molecule has 0 aromatic rings. The van der Waals surface area contributed by atoms with Crippen LogP contribution >= 0.6 is 0 Å². The summed E-state index contributed by atoms with van der Waals surface area (Å²) >= 11 is 0. The summed E-state index contributed by atoms with van der Waals surface area (Å²) in [5, 5.41) is 33.3. The molecule has 20 N–H and O–H groups in total. The number of aliphatic carboxylic acids is 4. The predicted octanol–water partition coefficient (Wildman–Crippen LogP) is -1.90. The SMILES string of the molecule is NCCCC[C@H](N)C(=O)O.NCCCC[C@H](N)C(=O)O.NCCCC[C@H](N)C(=O)O.NCCCC[C@H](N)C(=O)O.[Co].[Fe]. The van der Waals surface area contributed by atoms with Crippen LogP contribution in [0, 0.1) is 0 Å². The van der Waals surface area contributed by atoms with Gasteiger partial charge in [-0.2, -0.15) is 0 Å². The molecule has 0 aliphatic rings. The maximum Gasteiger partial charge on any atom is 0.320 e. The number of carboxylic acid groups (broad SMARTS) is 4. The molecule has 0 amide bonds. The zero-order valence-corrected chi connectivity index (χ0v) is 26.5. The van der Waals surface area contributed by atoms with Crippen LogP contribution in [-0.2, 0) is 53.0 Å². The molecule has 18 heteroatoms. The van der Waals surface area contributed by atoms with Gasteiger partial charge in [0.15, 0.2) is 0 Å². The molecule has 0 rings (SSSR count). The predicted molar refractivity (Wildman–Crippen MR) is 154 cm³/mol. The molecule has 16 nitrogen and oxygen atoms in total. The molecule has 0 saturated carbocycles. The maximum absolute atomic E-state index is 10.1. The van der Waals surface area contributed by atoms with E-state index >= 15 is 0 Å². The molecule has 0 aromatic carbocycles. The number of hydrogen-bond donors (Lipinski definition) is 12. The largest absolute Gasteiger partial charge is 0.480 e. The van der Waals surface area contributed by atoms with Gasteiger partial charge in [-0.1, -0.05) is 25.7 Å². The topological polar surface area (TPSA) is 357 Å². The van der Waals surface area contributed by atoms with E-state index in [2.05, 4.69) is 0 Å². The molecule has 42 heavy (non-hydrogen) atoms. The van der Waals surface area contributed by atoms with Crippen molar-refractivity contribution in [3.8, 4) is 0 Å². The van der Waals surface area contributed by atoms with Crippen molar-refractivity contribution in [2.24, 2.45) is 45.9 Å². The summed E-state index contributed by atoms with van der Waals surface area (Å²) in [5.41, 5.74) is 41.7. The van der Waals surface area contributed by atoms with Crippen LogP contribution in [0.3, 0.4) is 0 Å². The molecule has 0 unspecified atom stereocenters. The van der Waals surface area contributed by atoms with E-state index in [-0.39, 0.29) is 33.8 Å². The van der Waals surface area contributed by atoms with Crippen LogP contribution in [0.2, 0.25) is 0 Å². The third kappa shape index (κ3) is 45.6. The molecule has 0 fully saturated rings. The Balaban J connectivity index is -0.000000101. The average Bonchev–Trinajstić information content (AvgIpc) is 2.89. The molecule has 0 bridgehead atoms. The van der Waals surface area contributed by atoms with Crippen LogP contribution < -0.4 is 45.9 Å². The second-order valence-electron chi connectivity index (χ2n) is 8.92. The van der Waals surface area contributed by atoms with Gasteiger partial charge in [-0.3, -0.25) is 19.2 Å². The van der Waals surface area contributed by atoms with Crippen LogP contribution in [-0.4, -0.2) is 94.6 Å². The van der Waals surface area contributed by atoms with Crippen molar-refractivity contribution in [2.45, 2.75) is 101 Å². The Morgan fingerprint density at radius 1 is 0.405 bits per heavy atom. The number of nitrogens with two attached hydrogens (primary N) is 8. The number of carbonyl (C=O) groups is 4. The summed E-state index contributed by atoms with van der Waals surface area (Å²) < 4.78 is 0. The number of carboxylic acids is 4. The van der Waals surface area contributed by atoms with Gasteiger partial charge < -0.3 is 66.3 Å². The Morgan fingerprint density at radius 3 is 0.643 bits per heavy atom. The van der Waals surface area contributed by atoms with Crippen molar-refractivity contribution >= 4 is 23.9 Å². The zero-order chi connectivity index (χ0) is 31.9. The summed E-state index contributed by atoms with van der Waals surface area (Å²) in [7, 11) is 0. The summed E-state index contributed by atoms with van der Waals surface area (Å²) in [6, 6.07) is -2.86. The minimum atomic E-state index is -0.933. The number of hydrogen-bond acceptors (Lipinski definition) is 12. The molecule has 0 aromatic heterocycles. The third-order valence-electron chi connectivity index (χ3n) is 5.15. The molecular formula is C24H56CoFeN8O8. The second-order valence-corrected chi connectivity index (χ2v) is 8.92. The molecule has 1 radical (unpaired) electrons. The minimum Gasteiger partial charge on any atom is -0.480 e.